The molecule has 1 aromatic heterocycles. The molecule has 0 saturated carbocycles. The van der Waals surface area contributed by atoms with Crippen molar-refractivity contribution in [3.05, 3.63) is 40.5 Å². The maximum Gasteiger partial charge on any atom is 0.254 e. The number of halogens is 1. The molecule has 2 rings (SSSR count). The Morgan fingerprint density at radius 2 is 2.18 bits per heavy atom. The zero-order valence-corrected chi connectivity index (χ0v) is 9.90. The Morgan fingerprint density at radius 1 is 1.47 bits per heavy atom. The van der Waals surface area contributed by atoms with E-state index in [9.17, 15) is 4.79 Å². The summed E-state index contributed by atoms with van der Waals surface area (Å²) in [6.07, 6.45) is 1.33. The smallest absolute Gasteiger partial charge is 0.254 e. The average molecular weight is 251 g/mol. The molecule has 17 heavy (non-hydrogen) atoms. The van der Waals surface area contributed by atoms with E-state index in [0.29, 0.717) is 10.7 Å². The summed E-state index contributed by atoms with van der Waals surface area (Å²) < 4.78 is 1.40. The molecular formula is C11H11ClN4O. The van der Waals surface area contributed by atoms with Crippen LogP contribution >= 0.6 is 11.6 Å². The van der Waals surface area contributed by atoms with Crippen LogP contribution in [0.2, 0.25) is 5.02 Å². The van der Waals surface area contributed by atoms with E-state index in [0.717, 1.165) is 5.56 Å². The molecule has 5 nitrogen and oxygen atoms in total. The number of carbonyl (C=O) groups is 1. The van der Waals surface area contributed by atoms with Gasteiger partial charge >= 0.3 is 0 Å². The minimum Gasteiger partial charge on any atom is -0.383 e. The summed E-state index contributed by atoms with van der Waals surface area (Å²) in [6, 6.07) is 5.45. The fourth-order valence-corrected chi connectivity index (χ4v) is 1.72. The highest BCUT2D eigenvalue weighted by molar-refractivity contribution is 6.32. The predicted octanol–water partition coefficient (Wildman–Crippen LogP) is 1.52. The Morgan fingerprint density at radius 3 is 2.76 bits per heavy atom. The number of hydrogen-bond acceptors (Lipinski definition) is 3. The Balaban J connectivity index is 2.61. The molecule has 1 heterocycles. The third-order valence-corrected chi connectivity index (χ3v) is 2.72. The standard InChI is InChI=1S/C11H11ClN4O/c1-6-2-3-8(12)9(4-6)16-10(13)7(5-15-16)11(14)17/h2-5H,13H2,1H3,(H2,14,17). The van der Waals surface area contributed by atoms with Crippen LogP contribution in [0.5, 0.6) is 0 Å². The van der Waals surface area contributed by atoms with E-state index in [-0.39, 0.29) is 11.4 Å². The van der Waals surface area contributed by atoms with Gasteiger partial charge in [-0.3, -0.25) is 4.79 Å². The summed E-state index contributed by atoms with van der Waals surface area (Å²) in [5.74, 6) is -0.428. The Hall–Kier alpha value is -2.01. The largest absolute Gasteiger partial charge is 0.383 e. The highest BCUT2D eigenvalue weighted by atomic mass is 35.5. The maximum atomic E-state index is 11.1. The van der Waals surface area contributed by atoms with E-state index in [4.69, 9.17) is 23.1 Å². The Bertz CT molecular complexity index is 591. The van der Waals surface area contributed by atoms with E-state index in [1.54, 1.807) is 6.07 Å². The van der Waals surface area contributed by atoms with Crippen molar-refractivity contribution in [2.75, 3.05) is 5.73 Å². The monoisotopic (exact) mass is 250 g/mol. The Kier molecular flexibility index (Phi) is 2.77. The van der Waals surface area contributed by atoms with E-state index in [1.807, 2.05) is 19.1 Å². The van der Waals surface area contributed by atoms with Crippen LogP contribution in [-0.4, -0.2) is 15.7 Å². The molecule has 2 aromatic rings. The van der Waals surface area contributed by atoms with Crippen molar-refractivity contribution in [1.29, 1.82) is 0 Å². The topological polar surface area (TPSA) is 86.9 Å². The molecule has 4 N–H and O–H groups in total. The quantitative estimate of drug-likeness (QED) is 0.847. The van der Waals surface area contributed by atoms with Crippen LogP contribution in [0.15, 0.2) is 24.4 Å². The second-order valence-electron chi connectivity index (χ2n) is 3.67. The van der Waals surface area contributed by atoms with Crippen LogP contribution in [0, 0.1) is 6.92 Å². The maximum absolute atomic E-state index is 11.1. The summed E-state index contributed by atoms with van der Waals surface area (Å²) in [6.45, 7) is 1.93. The van der Waals surface area contributed by atoms with Crippen LogP contribution < -0.4 is 11.5 Å². The Labute approximate surface area is 103 Å². The van der Waals surface area contributed by atoms with E-state index >= 15 is 0 Å². The molecule has 0 aliphatic heterocycles. The molecule has 0 radical (unpaired) electrons. The van der Waals surface area contributed by atoms with Crippen LogP contribution in [0.1, 0.15) is 15.9 Å². The number of amides is 1. The van der Waals surface area contributed by atoms with Crippen molar-refractivity contribution in [2.45, 2.75) is 6.92 Å². The minimum atomic E-state index is -0.613. The number of nitrogens with zero attached hydrogens (tertiary/aromatic N) is 2. The molecular weight excluding hydrogens is 240 g/mol. The molecule has 88 valence electrons. The highest BCUT2D eigenvalue weighted by Gasteiger charge is 2.14. The second kappa shape index (κ2) is 4.10. The van der Waals surface area contributed by atoms with Crippen LogP contribution in [0.3, 0.4) is 0 Å². The first kappa shape index (κ1) is 11.5. The van der Waals surface area contributed by atoms with Gasteiger partial charge in [0, 0.05) is 0 Å². The van der Waals surface area contributed by atoms with E-state index < -0.39 is 5.91 Å². The van der Waals surface area contributed by atoms with Gasteiger partial charge in [-0.15, -0.1) is 0 Å². The molecule has 0 aliphatic rings. The predicted molar refractivity (Wildman–Crippen MR) is 66.2 cm³/mol. The molecule has 0 atom stereocenters. The van der Waals surface area contributed by atoms with Crippen LogP contribution in [0.4, 0.5) is 5.82 Å². The lowest BCUT2D eigenvalue weighted by molar-refractivity contribution is 0.100. The zero-order valence-electron chi connectivity index (χ0n) is 9.14. The molecule has 0 spiro atoms. The fraction of sp³-hybridized carbons (Fsp3) is 0.0909. The lowest BCUT2D eigenvalue weighted by Crippen LogP contribution is -2.13. The molecule has 0 aliphatic carbocycles. The first-order chi connectivity index (χ1) is 8.00. The van der Waals surface area contributed by atoms with Crippen LogP contribution in [-0.2, 0) is 0 Å². The number of rotatable bonds is 2. The number of nitrogen functional groups attached to an aromatic ring is 1. The second-order valence-corrected chi connectivity index (χ2v) is 4.08. The first-order valence-electron chi connectivity index (χ1n) is 4.90. The van der Waals surface area contributed by atoms with Crippen molar-refractivity contribution >= 4 is 23.3 Å². The number of aryl methyl sites for hydroxylation is 1. The summed E-state index contributed by atoms with van der Waals surface area (Å²) in [7, 11) is 0. The number of nitrogens with two attached hydrogens (primary N) is 2. The number of carbonyl (C=O) groups excluding carboxylic acids is 1. The van der Waals surface area contributed by atoms with Gasteiger partial charge in [0.2, 0.25) is 0 Å². The van der Waals surface area contributed by atoms with Gasteiger partial charge in [-0.25, -0.2) is 4.68 Å². The summed E-state index contributed by atoms with van der Waals surface area (Å²) >= 11 is 6.06. The number of primary amides is 1. The van der Waals surface area contributed by atoms with Gasteiger partial charge < -0.3 is 11.5 Å². The van der Waals surface area contributed by atoms with Gasteiger partial charge in [-0.2, -0.15) is 5.10 Å². The molecule has 0 bridgehead atoms. The SMILES string of the molecule is Cc1ccc(Cl)c(-n2ncc(C(N)=O)c2N)c1. The zero-order chi connectivity index (χ0) is 12.6. The van der Waals surface area contributed by atoms with Gasteiger partial charge in [-0.05, 0) is 24.6 Å². The molecule has 0 saturated heterocycles. The van der Waals surface area contributed by atoms with Crippen LogP contribution in [0.25, 0.3) is 5.69 Å². The molecule has 0 fully saturated rings. The fourth-order valence-electron chi connectivity index (χ4n) is 1.52. The summed E-state index contributed by atoms with van der Waals surface area (Å²) in [5, 5.41) is 4.52. The molecule has 1 amide bonds. The number of benzene rings is 1. The average Bonchev–Trinajstić information content (AvgIpc) is 2.64. The first-order valence-corrected chi connectivity index (χ1v) is 5.28. The van der Waals surface area contributed by atoms with Crippen molar-refractivity contribution in [2.24, 2.45) is 5.73 Å². The van der Waals surface area contributed by atoms with Gasteiger partial charge in [0.15, 0.2) is 0 Å². The van der Waals surface area contributed by atoms with Gasteiger partial charge in [0.25, 0.3) is 5.91 Å². The van der Waals surface area contributed by atoms with Crippen molar-refractivity contribution in [3.63, 3.8) is 0 Å². The normalized spacial score (nSPS) is 10.5. The lowest BCUT2D eigenvalue weighted by atomic mass is 10.2. The highest BCUT2D eigenvalue weighted by Crippen LogP contribution is 2.24. The third-order valence-electron chi connectivity index (χ3n) is 2.40. The lowest BCUT2D eigenvalue weighted by Gasteiger charge is -2.07. The summed E-state index contributed by atoms with van der Waals surface area (Å²) in [5.41, 5.74) is 12.8. The molecule has 1 aromatic carbocycles. The van der Waals surface area contributed by atoms with Gasteiger partial charge in [-0.1, -0.05) is 17.7 Å². The van der Waals surface area contributed by atoms with Crippen molar-refractivity contribution in [3.8, 4) is 5.69 Å². The van der Waals surface area contributed by atoms with Crippen molar-refractivity contribution in [1.82, 2.24) is 9.78 Å². The minimum absolute atomic E-state index is 0.183. The summed E-state index contributed by atoms with van der Waals surface area (Å²) in [4.78, 5) is 11.1. The van der Waals surface area contributed by atoms with E-state index in [2.05, 4.69) is 5.10 Å². The molecule has 6 heteroatoms. The number of anilines is 1. The number of aromatic nitrogens is 2. The third kappa shape index (κ3) is 1.97. The molecule has 0 unspecified atom stereocenters. The van der Waals surface area contributed by atoms with Gasteiger partial charge in [0.05, 0.1) is 16.9 Å². The number of hydrogen-bond donors (Lipinski definition) is 2. The van der Waals surface area contributed by atoms with E-state index in [1.165, 1.54) is 10.9 Å². The van der Waals surface area contributed by atoms with Gasteiger partial charge in [0.1, 0.15) is 11.4 Å². The van der Waals surface area contributed by atoms with Crippen molar-refractivity contribution < 1.29 is 4.79 Å².